The molecule has 10 heteroatoms. The highest BCUT2D eigenvalue weighted by atomic mass is 31.3. The molecule has 2 aromatic rings. The lowest BCUT2D eigenvalue weighted by molar-refractivity contribution is 0.247. The first kappa shape index (κ1) is 23.6. The largest absolute Gasteiger partial charge is 0.345 e. The molecular formula is C20H30N3O4P3. The fourth-order valence-electron chi connectivity index (χ4n) is 3.10. The highest BCUT2D eigenvalue weighted by molar-refractivity contribution is 7.89. The van der Waals surface area contributed by atoms with Crippen LogP contribution in [0.1, 0.15) is 27.7 Å². The van der Waals surface area contributed by atoms with Crippen LogP contribution < -0.4 is 10.6 Å². The van der Waals surface area contributed by atoms with Crippen molar-refractivity contribution in [1.82, 2.24) is 0 Å². The summed E-state index contributed by atoms with van der Waals surface area (Å²) in [5.74, 6) is 0. The summed E-state index contributed by atoms with van der Waals surface area (Å²) in [6.45, 7) is 9.36. The second-order valence-corrected chi connectivity index (χ2v) is 13.6. The van der Waals surface area contributed by atoms with Crippen molar-refractivity contribution in [3.63, 3.8) is 0 Å². The Labute approximate surface area is 179 Å². The van der Waals surface area contributed by atoms with Gasteiger partial charge in [0.1, 0.15) is 7.21 Å². The first-order valence-electron chi connectivity index (χ1n) is 10.2. The molecule has 0 aliphatic carbocycles. The van der Waals surface area contributed by atoms with Crippen molar-refractivity contribution in [3.05, 3.63) is 60.7 Å². The maximum atomic E-state index is 6.15. The molecular weight excluding hydrogens is 439 g/mol. The van der Waals surface area contributed by atoms with Crippen molar-refractivity contribution < 1.29 is 18.1 Å². The van der Waals surface area contributed by atoms with E-state index >= 15 is 0 Å². The van der Waals surface area contributed by atoms with E-state index in [0.717, 1.165) is 10.6 Å². The quantitative estimate of drug-likeness (QED) is 0.359. The molecule has 0 N–H and O–H groups in total. The second kappa shape index (κ2) is 10.5. The van der Waals surface area contributed by atoms with Gasteiger partial charge in [-0.05, 0) is 27.7 Å². The van der Waals surface area contributed by atoms with Crippen LogP contribution in [0, 0.1) is 0 Å². The Morgan fingerprint density at radius 1 is 0.533 bits per heavy atom. The van der Waals surface area contributed by atoms with Gasteiger partial charge in [0.05, 0.1) is 26.4 Å². The van der Waals surface area contributed by atoms with E-state index < -0.39 is 22.5 Å². The summed E-state index contributed by atoms with van der Waals surface area (Å²) in [5.41, 5.74) is 0. The third kappa shape index (κ3) is 4.89. The lowest BCUT2D eigenvalue weighted by Crippen LogP contribution is -2.17. The summed E-state index contributed by atoms with van der Waals surface area (Å²) < 4.78 is 39.9. The van der Waals surface area contributed by atoms with Crippen molar-refractivity contribution in [1.29, 1.82) is 0 Å². The fourth-order valence-corrected chi connectivity index (χ4v) is 14.5. The summed E-state index contributed by atoms with van der Waals surface area (Å²) in [4.78, 5) is 0. The van der Waals surface area contributed by atoms with E-state index in [1.54, 1.807) is 0 Å². The van der Waals surface area contributed by atoms with Gasteiger partial charge < -0.3 is 18.1 Å². The minimum atomic E-state index is -3.02. The first-order valence-corrected chi connectivity index (χ1v) is 14.9. The van der Waals surface area contributed by atoms with Crippen molar-refractivity contribution in [2.45, 2.75) is 27.7 Å². The molecule has 0 amide bonds. The van der Waals surface area contributed by atoms with Crippen LogP contribution in [-0.2, 0) is 18.1 Å². The van der Waals surface area contributed by atoms with Crippen molar-refractivity contribution >= 4 is 33.1 Å². The average Bonchev–Trinajstić information content (AvgIpc) is 2.75. The van der Waals surface area contributed by atoms with Crippen molar-refractivity contribution in [2.75, 3.05) is 26.4 Å². The van der Waals surface area contributed by atoms with Crippen LogP contribution in [0.25, 0.3) is 0 Å². The van der Waals surface area contributed by atoms with Crippen molar-refractivity contribution in [3.8, 4) is 0 Å². The summed E-state index contributed by atoms with van der Waals surface area (Å²) >= 11 is 0. The Bertz CT molecular complexity index is 918. The zero-order valence-corrected chi connectivity index (χ0v) is 20.6. The highest BCUT2D eigenvalue weighted by Crippen LogP contribution is 2.79. The summed E-state index contributed by atoms with van der Waals surface area (Å²) in [7, 11) is -8.74. The lowest BCUT2D eigenvalue weighted by atomic mass is 10.4. The Morgan fingerprint density at radius 3 is 1.27 bits per heavy atom. The van der Waals surface area contributed by atoms with Crippen LogP contribution in [0.5, 0.6) is 0 Å². The molecule has 0 spiro atoms. The van der Waals surface area contributed by atoms with E-state index in [1.165, 1.54) is 0 Å². The second-order valence-electron chi connectivity index (χ2n) is 6.19. The number of benzene rings is 2. The molecule has 0 saturated carbocycles. The third-order valence-electron chi connectivity index (χ3n) is 4.13. The zero-order chi connectivity index (χ0) is 21.5. The van der Waals surface area contributed by atoms with E-state index in [-0.39, 0.29) is 0 Å². The van der Waals surface area contributed by atoms with Crippen LogP contribution in [0.2, 0.25) is 0 Å². The van der Waals surface area contributed by atoms with Gasteiger partial charge in [0.2, 0.25) is 0 Å². The monoisotopic (exact) mass is 469 g/mol. The number of hydrogen-bond acceptors (Lipinski definition) is 7. The van der Waals surface area contributed by atoms with Gasteiger partial charge in [-0.3, -0.25) is 0 Å². The third-order valence-corrected chi connectivity index (χ3v) is 14.2. The molecule has 0 atom stereocenters. The molecule has 0 fully saturated rings. The molecule has 0 radical (unpaired) electrons. The molecule has 3 rings (SSSR count). The van der Waals surface area contributed by atoms with E-state index in [9.17, 15) is 0 Å². The molecule has 7 nitrogen and oxygen atoms in total. The predicted octanol–water partition coefficient (Wildman–Crippen LogP) is 6.81. The molecule has 1 aliphatic rings. The normalized spacial score (nSPS) is 18.7. The Kier molecular flexibility index (Phi) is 8.29. The molecule has 0 bridgehead atoms. The van der Waals surface area contributed by atoms with Gasteiger partial charge in [-0.15, -0.1) is 4.52 Å². The molecule has 30 heavy (non-hydrogen) atoms. The van der Waals surface area contributed by atoms with E-state index in [0.29, 0.717) is 26.4 Å². The maximum Gasteiger partial charge on any atom is 0.345 e. The first-order chi connectivity index (χ1) is 14.6. The topological polar surface area (TPSA) is 74.0 Å². The summed E-state index contributed by atoms with van der Waals surface area (Å²) in [5, 5.41) is 2.00. The Hall–Kier alpha value is -1.03. The van der Waals surface area contributed by atoms with Crippen LogP contribution in [0.15, 0.2) is 74.2 Å². The molecule has 1 heterocycles. The number of hydrogen-bond donors (Lipinski definition) is 0. The van der Waals surface area contributed by atoms with E-state index in [1.807, 2.05) is 64.1 Å². The summed E-state index contributed by atoms with van der Waals surface area (Å²) in [6, 6.07) is 20.2. The van der Waals surface area contributed by atoms with Gasteiger partial charge in [0.15, 0.2) is 0 Å². The smallest absolute Gasteiger partial charge is 0.307 e. The van der Waals surface area contributed by atoms with Gasteiger partial charge in [0, 0.05) is 10.6 Å². The van der Waals surface area contributed by atoms with Gasteiger partial charge in [0.25, 0.3) is 0 Å². The van der Waals surface area contributed by atoms with Crippen LogP contribution in [0.4, 0.5) is 0 Å². The molecule has 1 aliphatic heterocycles. The molecule has 0 unspecified atom stereocenters. The van der Waals surface area contributed by atoms with E-state index in [4.69, 9.17) is 31.6 Å². The minimum absolute atomic E-state index is 0.419. The predicted molar refractivity (Wildman–Crippen MR) is 127 cm³/mol. The fraction of sp³-hybridized carbons (Fsp3) is 0.400. The maximum absolute atomic E-state index is 6.15. The van der Waals surface area contributed by atoms with Gasteiger partial charge >= 0.3 is 15.3 Å². The molecule has 2 aromatic carbocycles. The SMILES string of the molecule is CCOP1(OCC)=NP(OCC)(OCC)=NP(c2ccccc2)(c2ccccc2)=N1. The number of nitrogens with zero attached hydrogens (tertiary/aromatic N) is 3. The van der Waals surface area contributed by atoms with E-state index in [2.05, 4.69) is 24.3 Å². The Morgan fingerprint density at radius 2 is 0.900 bits per heavy atom. The molecule has 0 saturated heterocycles. The van der Waals surface area contributed by atoms with Crippen LogP contribution in [0.3, 0.4) is 0 Å². The van der Waals surface area contributed by atoms with Crippen molar-refractivity contribution in [2.24, 2.45) is 13.5 Å². The molecule has 0 aromatic heterocycles. The Balaban J connectivity index is 2.48. The number of rotatable bonds is 10. The van der Waals surface area contributed by atoms with Crippen LogP contribution in [-0.4, -0.2) is 26.4 Å². The lowest BCUT2D eigenvalue weighted by Gasteiger charge is -2.34. The highest BCUT2D eigenvalue weighted by Gasteiger charge is 2.42. The van der Waals surface area contributed by atoms with Gasteiger partial charge in [-0.1, -0.05) is 60.7 Å². The van der Waals surface area contributed by atoms with Gasteiger partial charge in [-0.2, -0.15) is 9.03 Å². The standard InChI is InChI=1S/C20H30N3O4P3/c1-5-24-29(25-6-2)21-28(19-15-11-9-12-16-19,20-17-13-10-14-18-20)22-30(23-29,26-7-3)27-8-4/h9-18H,5-8H2,1-4H3. The average molecular weight is 469 g/mol. The van der Waals surface area contributed by atoms with Crippen LogP contribution >= 0.6 is 22.5 Å². The molecule has 164 valence electrons. The zero-order valence-electron chi connectivity index (χ0n) is 17.9. The van der Waals surface area contributed by atoms with Gasteiger partial charge in [-0.25, -0.2) is 0 Å². The summed E-state index contributed by atoms with van der Waals surface area (Å²) in [6.07, 6.45) is 0. The minimum Gasteiger partial charge on any atom is -0.307 e.